The van der Waals surface area contributed by atoms with Gasteiger partial charge in [-0.25, -0.2) is 0 Å². The van der Waals surface area contributed by atoms with Crippen molar-refractivity contribution in [2.24, 2.45) is 22.7 Å². The molecule has 1 aliphatic heterocycles. The zero-order valence-corrected chi connectivity index (χ0v) is 21.8. The van der Waals surface area contributed by atoms with Gasteiger partial charge in [0.05, 0.1) is 11.1 Å². The molecule has 5 aliphatic rings. The molecule has 4 nitrogen and oxygen atoms in total. The van der Waals surface area contributed by atoms with E-state index in [0.29, 0.717) is 12.1 Å². The summed E-state index contributed by atoms with van der Waals surface area (Å²) in [5, 5.41) is 3.90. The highest BCUT2D eigenvalue weighted by atomic mass is 35.5. The molecule has 0 aromatic heterocycles. The van der Waals surface area contributed by atoms with E-state index in [0.717, 1.165) is 60.2 Å². The number of carbonyl (C=O) groups is 1. The molecule has 1 saturated heterocycles. The molecule has 9 heteroatoms. The molecule has 5 fully saturated rings. The molecule has 0 radical (unpaired) electrons. The van der Waals surface area contributed by atoms with Crippen LogP contribution in [0.3, 0.4) is 0 Å². The maximum atomic E-state index is 12.8. The van der Waals surface area contributed by atoms with Crippen LogP contribution in [0.25, 0.3) is 0 Å². The molecule has 1 heterocycles. The Balaban J connectivity index is 0.00000289. The van der Waals surface area contributed by atoms with E-state index in [9.17, 15) is 18.0 Å². The highest BCUT2D eigenvalue weighted by molar-refractivity contribution is 8.14. The summed E-state index contributed by atoms with van der Waals surface area (Å²) in [7, 11) is 0. The summed E-state index contributed by atoms with van der Waals surface area (Å²) in [6.45, 7) is 3.07. The largest absolute Gasteiger partial charge is 0.416 e. The van der Waals surface area contributed by atoms with Crippen molar-refractivity contribution in [2.75, 3.05) is 17.6 Å². The van der Waals surface area contributed by atoms with Gasteiger partial charge in [-0.3, -0.25) is 9.79 Å². The van der Waals surface area contributed by atoms with Gasteiger partial charge in [0, 0.05) is 30.4 Å². The topological polar surface area (TPSA) is 44.7 Å². The molecule has 194 valence electrons. The fraction of sp³-hybridized carbons (Fsp3) is 0.692. The first-order valence-electron chi connectivity index (χ1n) is 12.7. The van der Waals surface area contributed by atoms with Crippen LogP contribution in [0.1, 0.15) is 70.3 Å². The van der Waals surface area contributed by atoms with Gasteiger partial charge >= 0.3 is 6.18 Å². The van der Waals surface area contributed by atoms with Crippen molar-refractivity contribution in [3.8, 4) is 0 Å². The molecule has 1 aromatic carbocycles. The van der Waals surface area contributed by atoms with E-state index in [1.54, 1.807) is 11.8 Å². The molecule has 4 bridgehead atoms. The average molecular weight is 530 g/mol. The Bertz CT molecular complexity index is 901. The van der Waals surface area contributed by atoms with Crippen molar-refractivity contribution < 1.29 is 18.0 Å². The molecule has 6 rings (SSSR count). The number of amides is 1. The van der Waals surface area contributed by atoms with Crippen molar-refractivity contribution in [2.45, 2.75) is 82.5 Å². The fourth-order valence-corrected chi connectivity index (χ4v) is 8.25. The number of carbonyl (C=O) groups excluding carboxylic acids is 1. The molecule has 35 heavy (non-hydrogen) atoms. The van der Waals surface area contributed by atoms with Gasteiger partial charge in [-0.2, -0.15) is 13.2 Å². The molecule has 4 saturated carbocycles. The first kappa shape index (κ1) is 26.6. The summed E-state index contributed by atoms with van der Waals surface area (Å²) in [4.78, 5) is 20.6. The minimum absolute atomic E-state index is 0. The number of hydrogen-bond donors (Lipinski definition) is 1. The lowest BCUT2D eigenvalue weighted by Gasteiger charge is -2.55. The fourth-order valence-electron chi connectivity index (χ4n) is 6.95. The lowest BCUT2D eigenvalue weighted by atomic mass is 9.53. The summed E-state index contributed by atoms with van der Waals surface area (Å²) in [5.41, 5.74) is -0.209. The third kappa shape index (κ3) is 5.95. The standard InChI is InChI=1S/C26H34F3N3OS.ClH/c1-2-3-8-32-22(12-23(33)30-21-6-4-20(5-7-21)26(27,28)29)16-34-24(32)31-25-13-17-9-18(14-25)11-19(10-17)15-25;/h4-7,17-19,22H,2-3,8-16H2,1H3,(H,30,33);1H/b31-24-;. The predicted molar refractivity (Wildman–Crippen MR) is 138 cm³/mol. The molecular formula is C26H35ClF3N3OS. The Labute approximate surface area is 216 Å². The Morgan fingerprint density at radius 3 is 2.26 bits per heavy atom. The quantitative estimate of drug-likeness (QED) is 0.413. The zero-order valence-electron chi connectivity index (χ0n) is 20.2. The average Bonchev–Trinajstić information content (AvgIpc) is 3.11. The highest BCUT2D eigenvalue weighted by Gasteiger charge is 2.51. The number of nitrogens with one attached hydrogen (secondary N) is 1. The number of thioether (sulfide) groups is 1. The number of unbranched alkanes of at least 4 members (excludes halogenated alkanes) is 1. The molecule has 1 unspecified atom stereocenters. The molecule has 1 N–H and O–H groups in total. The molecule has 0 spiro atoms. The number of amidine groups is 1. The van der Waals surface area contributed by atoms with Gasteiger partial charge in [-0.15, -0.1) is 12.4 Å². The Morgan fingerprint density at radius 1 is 1.11 bits per heavy atom. The summed E-state index contributed by atoms with van der Waals surface area (Å²) in [5.74, 6) is 3.20. The van der Waals surface area contributed by atoms with E-state index in [-0.39, 0.29) is 29.9 Å². The number of hydrogen-bond acceptors (Lipinski definition) is 3. The van der Waals surface area contributed by atoms with Crippen molar-refractivity contribution in [3.05, 3.63) is 29.8 Å². The van der Waals surface area contributed by atoms with Crippen molar-refractivity contribution in [1.29, 1.82) is 0 Å². The lowest BCUT2D eigenvalue weighted by molar-refractivity contribution is -0.137. The van der Waals surface area contributed by atoms with Crippen molar-refractivity contribution in [3.63, 3.8) is 0 Å². The maximum absolute atomic E-state index is 12.8. The second kappa shape index (κ2) is 10.5. The van der Waals surface area contributed by atoms with Gasteiger partial charge in [0.25, 0.3) is 0 Å². The molecule has 1 amide bonds. The van der Waals surface area contributed by atoms with Crippen molar-refractivity contribution >= 4 is 40.9 Å². The smallest absolute Gasteiger partial charge is 0.347 e. The van der Waals surface area contributed by atoms with Crippen LogP contribution in [0, 0.1) is 17.8 Å². The number of nitrogens with zero attached hydrogens (tertiary/aromatic N) is 2. The monoisotopic (exact) mass is 529 g/mol. The number of alkyl halides is 3. The number of rotatable bonds is 7. The van der Waals surface area contributed by atoms with Gasteiger partial charge < -0.3 is 10.2 Å². The van der Waals surface area contributed by atoms with E-state index in [2.05, 4.69) is 17.1 Å². The summed E-state index contributed by atoms with van der Waals surface area (Å²) in [6, 6.07) is 4.71. The molecule has 1 atom stereocenters. The Hall–Kier alpha value is -1.41. The van der Waals surface area contributed by atoms with E-state index in [1.807, 2.05) is 0 Å². The third-order valence-electron chi connectivity index (χ3n) is 8.10. The van der Waals surface area contributed by atoms with Crippen LogP contribution in [0.4, 0.5) is 18.9 Å². The zero-order chi connectivity index (χ0) is 23.9. The SMILES string of the molecule is CCCCN1/C(=N/C23CC4CC(CC(C4)C2)C3)SCC1CC(=O)Nc1ccc(C(F)(F)F)cc1.Cl. The van der Waals surface area contributed by atoms with Gasteiger partial charge in [-0.05, 0) is 87.0 Å². The predicted octanol–water partition coefficient (Wildman–Crippen LogP) is 7.00. The number of aliphatic imine (C=N–C) groups is 1. The summed E-state index contributed by atoms with van der Waals surface area (Å²) < 4.78 is 38.4. The normalized spacial score (nSPS) is 32.7. The second-order valence-electron chi connectivity index (χ2n) is 10.9. The van der Waals surface area contributed by atoms with E-state index in [4.69, 9.17) is 4.99 Å². The van der Waals surface area contributed by atoms with E-state index in [1.165, 1.54) is 50.7 Å². The van der Waals surface area contributed by atoms with Gasteiger partial charge in [0.2, 0.25) is 5.91 Å². The van der Waals surface area contributed by atoms with Crippen LogP contribution < -0.4 is 5.32 Å². The lowest BCUT2D eigenvalue weighted by Crippen LogP contribution is -2.50. The van der Waals surface area contributed by atoms with E-state index < -0.39 is 11.7 Å². The van der Waals surface area contributed by atoms with Gasteiger partial charge in [-0.1, -0.05) is 25.1 Å². The first-order valence-corrected chi connectivity index (χ1v) is 13.7. The summed E-state index contributed by atoms with van der Waals surface area (Å²) in [6.07, 6.45) is 5.93. The van der Waals surface area contributed by atoms with Gasteiger partial charge in [0.1, 0.15) is 0 Å². The van der Waals surface area contributed by atoms with Crippen LogP contribution >= 0.6 is 24.2 Å². The van der Waals surface area contributed by atoms with Crippen LogP contribution in [0.15, 0.2) is 29.3 Å². The molecule has 1 aromatic rings. The minimum atomic E-state index is -4.38. The molecular weight excluding hydrogens is 495 g/mol. The minimum Gasteiger partial charge on any atom is -0.347 e. The number of benzene rings is 1. The number of anilines is 1. The number of halogens is 4. The molecule has 4 aliphatic carbocycles. The Morgan fingerprint density at radius 2 is 1.71 bits per heavy atom. The van der Waals surface area contributed by atoms with Crippen LogP contribution in [0.5, 0.6) is 0 Å². The first-order chi connectivity index (χ1) is 16.2. The van der Waals surface area contributed by atoms with Crippen LogP contribution in [-0.4, -0.2) is 39.9 Å². The second-order valence-corrected chi connectivity index (χ2v) is 11.9. The summed E-state index contributed by atoms with van der Waals surface area (Å²) >= 11 is 1.78. The van der Waals surface area contributed by atoms with Crippen molar-refractivity contribution in [1.82, 2.24) is 4.90 Å². The van der Waals surface area contributed by atoms with E-state index >= 15 is 0 Å². The van der Waals surface area contributed by atoms with Crippen LogP contribution in [0.2, 0.25) is 0 Å². The Kier molecular flexibility index (Phi) is 8.01. The maximum Gasteiger partial charge on any atom is 0.416 e. The van der Waals surface area contributed by atoms with Gasteiger partial charge in [0.15, 0.2) is 5.17 Å². The highest BCUT2D eigenvalue weighted by Crippen LogP contribution is 2.57. The van der Waals surface area contributed by atoms with Crippen LogP contribution in [-0.2, 0) is 11.0 Å². The third-order valence-corrected chi connectivity index (χ3v) is 9.24.